The number of rotatable bonds is 5. The molecule has 0 aliphatic heterocycles. The molecule has 0 radical (unpaired) electrons. The van der Waals surface area contributed by atoms with Gasteiger partial charge in [-0.3, -0.25) is 4.79 Å². The Kier molecular flexibility index (Phi) is 5.19. The number of carboxylic acid groups (broad SMARTS) is 1. The van der Waals surface area contributed by atoms with Gasteiger partial charge >= 0.3 is 5.97 Å². The van der Waals surface area contributed by atoms with Gasteiger partial charge in [0.1, 0.15) is 0 Å². The van der Waals surface area contributed by atoms with Crippen molar-refractivity contribution in [3.63, 3.8) is 0 Å². The maximum absolute atomic E-state index is 12.9. The van der Waals surface area contributed by atoms with Crippen molar-refractivity contribution in [2.75, 3.05) is 0 Å². The lowest BCUT2D eigenvalue weighted by Crippen LogP contribution is -2.38. The van der Waals surface area contributed by atoms with Gasteiger partial charge < -0.3 is 9.67 Å². The average molecular weight is 413 g/mol. The third kappa shape index (κ3) is 3.93. The lowest BCUT2D eigenvalue weighted by molar-refractivity contribution is -0.142. The molecule has 0 saturated heterocycles. The number of aliphatic carboxylic acids is 1. The molecule has 1 aliphatic carbocycles. The molecule has 0 bridgehead atoms. The number of hydrogen-bond acceptors (Lipinski definition) is 3. The fourth-order valence-electron chi connectivity index (χ4n) is 4.11. The molecule has 1 saturated carbocycles. The van der Waals surface area contributed by atoms with Crippen molar-refractivity contribution in [3.8, 4) is 11.3 Å². The number of carboxylic acids is 1. The molecule has 29 heavy (non-hydrogen) atoms. The molecule has 0 spiro atoms. The van der Waals surface area contributed by atoms with Crippen molar-refractivity contribution in [3.05, 3.63) is 54.6 Å². The second-order valence-electron chi connectivity index (χ2n) is 7.68. The molecule has 1 fully saturated rings. The summed E-state index contributed by atoms with van der Waals surface area (Å²) in [7, 11) is -1.74. The van der Waals surface area contributed by atoms with E-state index in [0.717, 1.165) is 22.2 Å². The quantitative estimate of drug-likeness (QED) is 0.668. The Morgan fingerprint density at radius 2 is 1.72 bits per heavy atom. The maximum Gasteiger partial charge on any atom is 0.306 e. The summed E-state index contributed by atoms with van der Waals surface area (Å²) in [6.45, 7) is 0. The van der Waals surface area contributed by atoms with Gasteiger partial charge in [0.05, 0.1) is 10.8 Å². The molecule has 0 atom stereocenters. The van der Waals surface area contributed by atoms with Gasteiger partial charge in [-0.05, 0) is 49.4 Å². The van der Waals surface area contributed by atoms with Crippen LogP contribution in [-0.4, -0.2) is 30.1 Å². The first-order chi connectivity index (χ1) is 13.8. The van der Waals surface area contributed by atoms with E-state index in [1.807, 2.05) is 48.0 Å². The molecule has 2 N–H and O–H groups in total. The molecular weight excluding hydrogens is 388 g/mol. The third-order valence-electron chi connectivity index (χ3n) is 5.79. The topological polar surface area (TPSA) is 88.4 Å². The van der Waals surface area contributed by atoms with E-state index in [4.69, 9.17) is 5.11 Å². The van der Waals surface area contributed by atoms with E-state index in [-0.39, 0.29) is 16.9 Å². The lowest BCUT2D eigenvalue weighted by Gasteiger charge is -2.26. The Bertz CT molecular complexity index is 1140. The third-order valence-corrected chi connectivity index (χ3v) is 7.31. The summed E-state index contributed by atoms with van der Waals surface area (Å²) in [6.07, 6.45) is 2.08. The number of benzene rings is 2. The maximum atomic E-state index is 12.9. The molecule has 0 unspecified atom stereocenters. The van der Waals surface area contributed by atoms with Gasteiger partial charge in [-0.15, -0.1) is 0 Å². The van der Waals surface area contributed by atoms with E-state index < -0.39 is 16.0 Å². The van der Waals surface area contributed by atoms with Crippen molar-refractivity contribution >= 4 is 26.9 Å². The molecule has 4 rings (SSSR count). The van der Waals surface area contributed by atoms with Crippen LogP contribution in [0, 0.1) is 5.92 Å². The second-order valence-corrected chi connectivity index (χ2v) is 9.40. The normalized spacial score (nSPS) is 20.0. The zero-order valence-corrected chi connectivity index (χ0v) is 17.0. The number of aromatic nitrogens is 1. The summed E-state index contributed by atoms with van der Waals surface area (Å²) < 4.78 is 30.6. The molecule has 152 valence electrons. The van der Waals surface area contributed by atoms with Gasteiger partial charge in [0.25, 0.3) is 0 Å². The Morgan fingerprint density at radius 3 is 2.38 bits per heavy atom. The predicted octanol–water partition coefficient (Wildman–Crippen LogP) is 3.77. The highest BCUT2D eigenvalue weighted by Gasteiger charge is 2.29. The lowest BCUT2D eigenvalue weighted by atomic mass is 9.87. The highest BCUT2D eigenvalue weighted by molar-refractivity contribution is 7.89. The van der Waals surface area contributed by atoms with Crippen molar-refractivity contribution in [1.29, 1.82) is 0 Å². The molecular formula is C22H24N2O4S. The number of carbonyl (C=O) groups is 1. The standard InChI is InChI=1S/C22H24N2O4S/c1-24-20(15-5-3-2-4-6-15)13-17-9-12-19(14-21(17)24)29(27,28)23-18-10-7-16(8-11-18)22(25)26/h2-6,9,12-14,16,18,23H,7-8,10-11H2,1H3,(H,25,26). The van der Waals surface area contributed by atoms with Crippen LogP contribution < -0.4 is 4.72 Å². The average Bonchev–Trinajstić information content (AvgIpc) is 3.05. The van der Waals surface area contributed by atoms with E-state index in [0.29, 0.717) is 25.7 Å². The first kappa shape index (κ1) is 19.7. The summed E-state index contributed by atoms with van der Waals surface area (Å²) in [5, 5.41) is 10.1. The minimum atomic E-state index is -3.67. The summed E-state index contributed by atoms with van der Waals surface area (Å²) in [4.78, 5) is 11.3. The molecule has 0 amide bonds. The molecule has 2 aromatic carbocycles. The first-order valence-corrected chi connectivity index (χ1v) is 11.2. The number of hydrogen-bond donors (Lipinski definition) is 2. The highest BCUT2D eigenvalue weighted by atomic mass is 32.2. The summed E-state index contributed by atoms with van der Waals surface area (Å²) >= 11 is 0. The van der Waals surface area contributed by atoms with Gasteiger partial charge in [-0.25, -0.2) is 13.1 Å². The first-order valence-electron chi connectivity index (χ1n) is 9.75. The van der Waals surface area contributed by atoms with E-state index in [2.05, 4.69) is 10.8 Å². The number of fused-ring (bicyclic) bond motifs is 1. The minimum Gasteiger partial charge on any atom is -0.481 e. The second kappa shape index (κ2) is 7.65. The fraction of sp³-hybridized carbons (Fsp3) is 0.318. The molecule has 7 heteroatoms. The van der Waals surface area contributed by atoms with Gasteiger partial charge in [0.2, 0.25) is 10.0 Å². The van der Waals surface area contributed by atoms with Crippen LogP contribution in [0.25, 0.3) is 22.2 Å². The summed E-state index contributed by atoms with van der Waals surface area (Å²) in [5.74, 6) is -1.17. The van der Waals surface area contributed by atoms with Crippen LogP contribution in [0.5, 0.6) is 0 Å². The van der Waals surface area contributed by atoms with Gasteiger partial charge in [0, 0.05) is 29.7 Å². The van der Waals surface area contributed by atoms with Crippen molar-refractivity contribution in [2.24, 2.45) is 13.0 Å². The van der Waals surface area contributed by atoms with Crippen molar-refractivity contribution in [1.82, 2.24) is 9.29 Å². The molecule has 1 aromatic heterocycles. The van der Waals surface area contributed by atoms with Gasteiger partial charge in [-0.1, -0.05) is 36.4 Å². The number of nitrogens with one attached hydrogen (secondary N) is 1. The monoisotopic (exact) mass is 412 g/mol. The number of aryl methyl sites for hydroxylation is 1. The van der Waals surface area contributed by atoms with Crippen LogP contribution in [0.4, 0.5) is 0 Å². The van der Waals surface area contributed by atoms with Crippen LogP contribution in [0.15, 0.2) is 59.5 Å². The Hall–Kier alpha value is -2.64. The van der Waals surface area contributed by atoms with Gasteiger partial charge in [-0.2, -0.15) is 0 Å². The zero-order chi connectivity index (χ0) is 20.6. The Labute approximate surface area is 170 Å². The zero-order valence-electron chi connectivity index (χ0n) is 16.2. The van der Waals surface area contributed by atoms with Gasteiger partial charge in [0.15, 0.2) is 0 Å². The molecule has 1 aliphatic rings. The van der Waals surface area contributed by atoms with Crippen molar-refractivity contribution < 1.29 is 18.3 Å². The van der Waals surface area contributed by atoms with Crippen molar-refractivity contribution in [2.45, 2.75) is 36.6 Å². The summed E-state index contributed by atoms with van der Waals surface area (Å²) in [5.41, 5.74) is 2.94. The van der Waals surface area contributed by atoms with Crippen LogP contribution in [0.1, 0.15) is 25.7 Å². The fourth-order valence-corrected chi connectivity index (χ4v) is 5.43. The SMILES string of the molecule is Cn1c(-c2ccccc2)cc2ccc(S(=O)(=O)NC3CCC(C(=O)O)CC3)cc21. The molecule has 1 heterocycles. The number of nitrogens with zero attached hydrogens (tertiary/aromatic N) is 1. The molecule has 3 aromatic rings. The Morgan fingerprint density at radius 1 is 1.03 bits per heavy atom. The van der Waals surface area contributed by atoms with E-state index in [1.165, 1.54) is 0 Å². The van der Waals surface area contributed by atoms with Crippen LogP contribution >= 0.6 is 0 Å². The van der Waals surface area contributed by atoms with E-state index in [9.17, 15) is 13.2 Å². The van der Waals surface area contributed by atoms with Crippen LogP contribution in [0.3, 0.4) is 0 Å². The number of sulfonamides is 1. The largest absolute Gasteiger partial charge is 0.481 e. The van der Waals surface area contributed by atoms with E-state index >= 15 is 0 Å². The van der Waals surface area contributed by atoms with E-state index in [1.54, 1.807) is 12.1 Å². The summed E-state index contributed by atoms with van der Waals surface area (Å²) in [6, 6.07) is 17.0. The highest BCUT2D eigenvalue weighted by Crippen LogP contribution is 2.30. The minimum absolute atomic E-state index is 0.223. The smallest absolute Gasteiger partial charge is 0.306 e. The Balaban J connectivity index is 1.59. The predicted molar refractivity (Wildman–Crippen MR) is 112 cm³/mol. The van der Waals surface area contributed by atoms with Crippen LogP contribution in [0.2, 0.25) is 0 Å². The molecule has 6 nitrogen and oxygen atoms in total. The van der Waals surface area contributed by atoms with Crippen LogP contribution in [-0.2, 0) is 21.9 Å².